The Morgan fingerprint density at radius 3 is 1.62 bits per heavy atom. The molecule has 0 aliphatic heterocycles. The molecule has 34 heavy (non-hydrogen) atoms. The van der Waals surface area contributed by atoms with Crippen molar-refractivity contribution >= 4 is 43.9 Å². The molecule has 0 spiro atoms. The Hall–Kier alpha value is -3.52. The minimum absolute atomic E-state index is 0.0386. The lowest BCUT2D eigenvalue weighted by atomic mass is 9.72. The van der Waals surface area contributed by atoms with Crippen molar-refractivity contribution in [3.8, 4) is 0 Å². The van der Waals surface area contributed by atoms with Crippen LogP contribution in [0.4, 0.5) is 0 Å². The van der Waals surface area contributed by atoms with Crippen LogP contribution in [0.5, 0.6) is 0 Å². The molecule has 0 fully saturated rings. The Kier molecular flexibility index (Phi) is 4.64. The standard InChI is InChI=1S/C32H30O2/c1-31(2,21-14-16-29-26(19-21)24-10-6-8-12-28(24)33-29)17-18-32(3,4)22-13-15-25-23-9-5-7-11-27(23)34-30(25)20-22/h5-16,19-20H,17-18H2,1-4H3. The summed E-state index contributed by atoms with van der Waals surface area (Å²) in [4.78, 5) is 0. The van der Waals surface area contributed by atoms with Crippen molar-refractivity contribution in [2.75, 3.05) is 0 Å². The van der Waals surface area contributed by atoms with Crippen LogP contribution in [0.3, 0.4) is 0 Å². The summed E-state index contributed by atoms with van der Waals surface area (Å²) in [6.45, 7) is 9.41. The number of hydrogen-bond donors (Lipinski definition) is 0. The molecule has 0 radical (unpaired) electrons. The Labute approximate surface area is 200 Å². The highest BCUT2D eigenvalue weighted by atomic mass is 16.3. The van der Waals surface area contributed by atoms with Gasteiger partial charge in [-0.15, -0.1) is 0 Å². The van der Waals surface area contributed by atoms with Gasteiger partial charge in [0, 0.05) is 21.5 Å². The topological polar surface area (TPSA) is 26.3 Å². The minimum atomic E-state index is 0.0386. The van der Waals surface area contributed by atoms with E-state index in [-0.39, 0.29) is 10.8 Å². The number of hydrogen-bond acceptors (Lipinski definition) is 2. The second kappa shape index (κ2) is 7.50. The van der Waals surface area contributed by atoms with E-state index in [2.05, 4.69) is 88.4 Å². The van der Waals surface area contributed by atoms with Crippen molar-refractivity contribution in [2.45, 2.75) is 51.4 Å². The fourth-order valence-electron chi connectivity index (χ4n) is 5.21. The molecule has 2 heteroatoms. The van der Waals surface area contributed by atoms with Crippen LogP contribution in [0.15, 0.2) is 93.8 Å². The maximum atomic E-state index is 6.16. The van der Waals surface area contributed by atoms with Gasteiger partial charge in [0.15, 0.2) is 0 Å². The van der Waals surface area contributed by atoms with E-state index in [1.165, 1.54) is 32.7 Å². The Morgan fingerprint density at radius 2 is 0.941 bits per heavy atom. The summed E-state index contributed by atoms with van der Waals surface area (Å²) in [7, 11) is 0. The van der Waals surface area contributed by atoms with Crippen molar-refractivity contribution in [2.24, 2.45) is 0 Å². The van der Waals surface area contributed by atoms with Gasteiger partial charge in [-0.1, -0.05) is 82.3 Å². The molecule has 0 unspecified atom stereocenters. The van der Waals surface area contributed by atoms with Crippen LogP contribution in [0.1, 0.15) is 51.7 Å². The predicted molar refractivity (Wildman–Crippen MR) is 143 cm³/mol. The van der Waals surface area contributed by atoms with Crippen LogP contribution in [-0.2, 0) is 10.8 Å². The second-order valence-corrected chi connectivity index (χ2v) is 10.9. The zero-order chi connectivity index (χ0) is 23.5. The maximum Gasteiger partial charge on any atom is 0.135 e. The molecule has 6 rings (SSSR count). The van der Waals surface area contributed by atoms with Crippen molar-refractivity contribution in [3.05, 3.63) is 96.1 Å². The summed E-state index contributed by atoms with van der Waals surface area (Å²) in [6.07, 6.45) is 2.16. The van der Waals surface area contributed by atoms with E-state index in [1.807, 2.05) is 24.3 Å². The molecule has 2 nitrogen and oxygen atoms in total. The van der Waals surface area contributed by atoms with E-state index >= 15 is 0 Å². The fourth-order valence-corrected chi connectivity index (χ4v) is 5.21. The molecule has 0 bridgehead atoms. The van der Waals surface area contributed by atoms with E-state index < -0.39 is 0 Å². The van der Waals surface area contributed by atoms with Crippen molar-refractivity contribution in [3.63, 3.8) is 0 Å². The monoisotopic (exact) mass is 446 g/mol. The largest absolute Gasteiger partial charge is 0.456 e. The highest BCUT2D eigenvalue weighted by Crippen LogP contribution is 2.40. The molecule has 2 aromatic heterocycles. The summed E-state index contributed by atoms with van der Waals surface area (Å²) >= 11 is 0. The lowest BCUT2D eigenvalue weighted by molar-refractivity contribution is 0.375. The van der Waals surface area contributed by atoms with Gasteiger partial charge >= 0.3 is 0 Å². The van der Waals surface area contributed by atoms with Gasteiger partial charge in [-0.3, -0.25) is 0 Å². The SMILES string of the molecule is CC(C)(CCC(C)(C)c1ccc2oc3ccccc3c2c1)c1ccc2c(c1)oc1ccccc12. The molecule has 0 N–H and O–H groups in total. The lowest BCUT2D eigenvalue weighted by Crippen LogP contribution is -2.24. The van der Waals surface area contributed by atoms with E-state index in [0.717, 1.165) is 35.2 Å². The van der Waals surface area contributed by atoms with Gasteiger partial charge in [0.05, 0.1) is 0 Å². The van der Waals surface area contributed by atoms with Gasteiger partial charge in [0.2, 0.25) is 0 Å². The molecule has 170 valence electrons. The summed E-state index contributed by atoms with van der Waals surface area (Å²) in [5.74, 6) is 0. The normalized spacial score (nSPS) is 12.9. The molecule has 0 aliphatic rings. The fraction of sp³-hybridized carbons (Fsp3) is 0.250. The third-order valence-electron chi connectivity index (χ3n) is 7.69. The average Bonchev–Trinajstić information content (AvgIpc) is 3.40. The van der Waals surface area contributed by atoms with E-state index in [4.69, 9.17) is 8.83 Å². The first-order chi connectivity index (χ1) is 16.3. The molecule has 0 aliphatic carbocycles. The number of rotatable bonds is 5. The third-order valence-corrected chi connectivity index (χ3v) is 7.69. The van der Waals surface area contributed by atoms with Crippen LogP contribution in [0.2, 0.25) is 0 Å². The molecule has 4 aromatic carbocycles. The molecular weight excluding hydrogens is 416 g/mol. The van der Waals surface area contributed by atoms with Crippen LogP contribution < -0.4 is 0 Å². The summed E-state index contributed by atoms with van der Waals surface area (Å²) in [5, 5.41) is 4.77. The average molecular weight is 447 g/mol. The van der Waals surface area contributed by atoms with E-state index in [0.29, 0.717) is 0 Å². The van der Waals surface area contributed by atoms with Gasteiger partial charge in [-0.25, -0.2) is 0 Å². The Balaban J connectivity index is 1.28. The minimum Gasteiger partial charge on any atom is -0.456 e. The number of fused-ring (bicyclic) bond motifs is 6. The molecule has 0 atom stereocenters. The quantitative estimate of drug-likeness (QED) is 0.263. The van der Waals surface area contributed by atoms with Gasteiger partial charge < -0.3 is 8.83 Å². The summed E-state index contributed by atoms with van der Waals surface area (Å²) < 4.78 is 12.2. The second-order valence-electron chi connectivity index (χ2n) is 10.9. The van der Waals surface area contributed by atoms with Crippen molar-refractivity contribution < 1.29 is 8.83 Å². The first-order valence-electron chi connectivity index (χ1n) is 12.2. The van der Waals surface area contributed by atoms with Gasteiger partial charge in [0.25, 0.3) is 0 Å². The number of benzene rings is 4. The van der Waals surface area contributed by atoms with E-state index in [1.54, 1.807) is 0 Å². The van der Waals surface area contributed by atoms with Gasteiger partial charge in [-0.05, 0) is 65.1 Å². The molecule has 0 saturated carbocycles. The summed E-state index contributed by atoms with van der Waals surface area (Å²) in [6, 6.07) is 30.0. The molecule has 0 saturated heterocycles. The predicted octanol–water partition coefficient (Wildman–Crippen LogP) is 9.52. The molecular formula is C32H30O2. The highest BCUT2D eigenvalue weighted by molar-refractivity contribution is 6.05. The molecule has 0 amide bonds. The smallest absolute Gasteiger partial charge is 0.135 e. The molecule has 6 aromatic rings. The van der Waals surface area contributed by atoms with E-state index in [9.17, 15) is 0 Å². The first-order valence-corrected chi connectivity index (χ1v) is 12.2. The zero-order valence-corrected chi connectivity index (χ0v) is 20.3. The first kappa shape index (κ1) is 21.0. The lowest BCUT2D eigenvalue weighted by Gasteiger charge is -2.32. The van der Waals surface area contributed by atoms with Crippen molar-refractivity contribution in [1.82, 2.24) is 0 Å². The van der Waals surface area contributed by atoms with Crippen molar-refractivity contribution in [1.29, 1.82) is 0 Å². The zero-order valence-electron chi connectivity index (χ0n) is 20.3. The summed E-state index contributed by atoms with van der Waals surface area (Å²) in [5.41, 5.74) is 6.61. The van der Waals surface area contributed by atoms with Gasteiger partial charge in [-0.2, -0.15) is 0 Å². The van der Waals surface area contributed by atoms with Crippen LogP contribution in [0.25, 0.3) is 43.9 Å². The highest BCUT2D eigenvalue weighted by Gasteiger charge is 2.28. The number of para-hydroxylation sites is 2. The van der Waals surface area contributed by atoms with Crippen LogP contribution >= 0.6 is 0 Å². The Bertz CT molecular complexity index is 1660. The number of furan rings is 2. The third kappa shape index (κ3) is 3.40. The van der Waals surface area contributed by atoms with Crippen LogP contribution in [-0.4, -0.2) is 0 Å². The maximum absolute atomic E-state index is 6.16. The Morgan fingerprint density at radius 1 is 0.471 bits per heavy atom. The molecule has 2 heterocycles. The van der Waals surface area contributed by atoms with Crippen LogP contribution in [0, 0.1) is 0 Å². The van der Waals surface area contributed by atoms with Gasteiger partial charge in [0.1, 0.15) is 22.3 Å².